The maximum atomic E-state index is 12.2. The van der Waals surface area contributed by atoms with Gasteiger partial charge in [0.05, 0.1) is 7.11 Å². The summed E-state index contributed by atoms with van der Waals surface area (Å²) in [5, 5.41) is 0. The lowest BCUT2D eigenvalue weighted by atomic mass is 10.0. The Kier molecular flexibility index (Phi) is 3.03. The lowest BCUT2D eigenvalue weighted by Gasteiger charge is -2.35. The van der Waals surface area contributed by atoms with Gasteiger partial charge in [-0.3, -0.25) is 4.90 Å². The molecule has 5 nitrogen and oxygen atoms in total. The fourth-order valence-corrected chi connectivity index (χ4v) is 2.79. The van der Waals surface area contributed by atoms with Crippen molar-refractivity contribution >= 4 is 12.1 Å². The number of rotatable bonds is 1. The molecule has 0 radical (unpaired) electrons. The van der Waals surface area contributed by atoms with Crippen LogP contribution in [0.25, 0.3) is 0 Å². The SMILES string of the molecule is COC(=O)[C@@]12C[C@H]1CCCN2C(=O)OC(C)(C)C. The number of fused-ring (bicyclic) bond motifs is 1. The van der Waals surface area contributed by atoms with E-state index in [0.29, 0.717) is 13.0 Å². The van der Waals surface area contributed by atoms with Gasteiger partial charge in [-0.05, 0) is 46.0 Å². The molecule has 2 fully saturated rings. The highest BCUT2D eigenvalue weighted by Gasteiger charge is 2.67. The van der Waals surface area contributed by atoms with Crippen LogP contribution in [0.3, 0.4) is 0 Å². The molecule has 0 aromatic heterocycles. The lowest BCUT2D eigenvalue weighted by molar-refractivity contribution is -0.150. The molecule has 5 heteroatoms. The average molecular weight is 255 g/mol. The van der Waals surface area contributed by atoms with Gasteiger partial charge in [0.25, 0.3) is 0 Å². The first-order chi connectivity index (χ1) is 8.31. The van der Waals surface area contributed by atoms with Crippen molar-refractivity contribution in [2.45, 2.75) is 51.2 Å². The quantitative estimate of drug-likeness (QED) is 0.672. The highest BCUT2D eigenvalue weighted by molar-refractivity contribution is 5.90. The van der Waals surface area contributed by atoms with Crippen LogP contribution in [0, 0.1) is 5.92 Å². The van der Waals surface area contributed by atoms with Gasteiger partial charge in [0.2, 0.25) is 0 Å². The summed E-state index contributed by atoms with van der Waals surface area (Å²) in [6.45, 7) is 6.04. The van der Waals surface area contributed by atoms with E-state index in [4.69, 9.17) is 9.47 Å². The third kappa shape index (κ3) is 2.06. The number of carbonyl (C=O) groups is 2. The first-order valence-corrected chi connectivity index (χ1v) is 6.40. The zero-order valence-corrected chi connectivity index (χ0v) is 11.5. The Hall–Kier alpha value is -1.26. The molecule has 0 spiro atoms. The zero-order chi connectivity index (χ0) is 13.6. The van der Waals surface area contributed by atoms with Crippen molar-refractivity contribution < 1.29 is 19.1 Å². The molecule has 1 saturated carbocycles. The highest BCUT2D eigenvalue weighted by Crippen LogP contribution is 2.55. The molecule has 0 N–H and O–H groups in total. The van der Waals surface area contributed by atoms with Crippen LogP contribution in [0.2, 0.25) is 0 Å². The van der Waals surface area contributed by atoms with Gasteiger partial charge in [-0.15, -0.1) is 0 Å². The van der Waals surface area contributed by atoms with E-state index in [0.717, 1.165) is 12.8 Å². The number of hydrogen-bond acceptors (Lipinski definition) is 4. The fourth-order valence-electron chi connectivity index (χ4n) is 2.79. The molecular formula is C13H21NO4. The number of piperidine rings is 1. The molecular weight excluding hydrogens is 234 g/mol. The van der Waals surface area contributed by atoms with Crippen molar-refractivity contribution in [2.24, 2.45) is 5.92 Å². The highest BCUT2D eigenvalue weighted by atomic mass is 16.6. The van der Waals surface area contributed by atoms with Crippen LogP contribution in [0.5, 0.6) is 0 Å². The molecule has 2 atom stereocenters. The summed E-state index contributed by atoms with van der Waals surface area (Å²) in [6, 6.07) is 0. The minimum Gasteiger partial charge on any atom is -0.467 e. The van der Waals surface area contributed by atoms with Crippen molar-refractivity contribution in [3.05, 3.63) is 0 Å². The van der Waals surface area contributed by atoms with Crippen LogP contribution in [0.4, 0.5) is 4.79 Å². The molecule has 0 unspecified atom stereocenters. The number of amides is 1. The Morgan fingerprint density at radius 3 is 2.56 bits per heavy atom. The molecule has 1 amide bonds. The number of carbonyl (C=O) groups excluding carboxylic acids is 2. The van der Waals surface area contributed by atoms with Gasteiger partial charge in [0.1, 0.15) is 11.1 Å². The van der Waals surface area contributed by atoms with Crippen molar-refractivity contribution in [3.63, 3.8) is 0 Å². The first kappa shape index (κ1) is 13.2. The van der Waals surface area contributed by atoms with Gasteiger partial charge in [-0.2, -0.15) is 0 Å². The third-order valence-corrected chi connectivity index (χ3v) is 3.64. The molecule has 0 aromatic carbocycles. The molecule has 18 heavy (non-hydrogen) atoms. The van der Waals surface area contributed by atoms with Gasteiger partial charge in [-0.1, -0.05) is 0 Å². The summed E-state index contributed by atoms with van der Waals surface area (Å²) >= 11 is 0. The van der Waals surface area contributed by atoms with E-state index >= 15 is 0 Å². The largest absolute Gasteiger partial charge is 0.467 e. The van der Waals surface area contributed by atoms with Crippen LogP contribution in [-0.4, -0.2) is 41.8 Å². The first-order valence-electron chi connectivity index (χ1n) is 6.40. The van der Waals surface area contributed by atoms with Crippen LogP contribution in [0.1, 0.15) is 40.0 Å². The Morgan fingerprint density at radius 1 is 1.33 bits per heavy atom. The number of methoxy groups -OCH3 is 1. The second kappa shape index (κ2) is 4.14. The molecule has 102 valence electrons. The van der Waals surface area contributed by atoms with Gasteiger partial charge in [0.15, 0.2) is 0 Å². The predicted octanol–water partition coefficient (Wildman–Crippen LogP) is 1.95. The second-order valence-corrected chi connectivity index (χ2v) is 6.09. The fraction of sp³-hybridized carbons (Fsp3) is 0.846. The summed E-state index contributed by atoms with van der Waals surface area (Å²) in [6.07, 6.45) is 2.20. The minimum absolute atomic E-state index is 0.242. The monoisotopic (exact) mass is 255 g/mol. The normalized spacial score (nSPS) is 30.4. The summed E-state index contributed by atoms with van der Waals surface area (Å²) in [4.78, 5) is 25.7. The van der Waals surface area contributed by atoms with E-state index in [-0.39, 0.29) is 11.9 Å². The summed E-state index contributed by atoms with van der Waals surface area (Å²) < 4.78 is 10.2. The zero-order valence-electron chi connectivity index (χ0n) is 11.5. The van der Waals surface area contributed by atoms with Gasteiger partial charge >= 0.3 is 12.1 Å². The van der Waals surface area contributed by atoms with Crippen molar-refractivity contribution in [2.75, 3.05) is 13.7 Å². The van der Waals surface area contributed by atoms with Crippen LogP contribution >= 0.6 is 0 Å². The van der Waals surface area contributed by atoms with Crippen LogP contribution in [0.15, 0.2) is 0 Å². The van der Waals surface area contributed by atoms with Crippen molar-refractivity contribution in [3.8, 4) is 0 Å². The smallest absolute Gasteiger partial charge is 0.411 e. The van der Waals surface area contributed by atoms with E-state index in [1.165, 1.54) is 7.11 Å². The number of esters is 1. The predicted molar refractivity (Wildman–Crippen MR) is 65.0 cm³/mol. The van der Waals surface area contributed by atoms with Gasteiger partial charge in [-0.25, -0.2) is 9.59 Å². The molecule has 2 aliphatic rings. The van der Waals surface area contributed by atoms with Gasteiger partial charge in [0, 0.05) is 6.54 Å². The Bertz CT molecular complexity index is 374. The molecule has 1 aliphatic heterocycles. The minimum atomic E-state index is -0.741. The molecule has 1 aliphatic carbocycles. The van der Waals surface area contributed by atoms with Crippen molar-refractivity contribution in [1.29, 1.82) is 0 Å². The second-order valence-electron chi connectivity index (χ2n) is 6.09. The number of nitrogens with zero attached hydrogens (tertiary/aromatic N) is 1. The van der Waals surface area contributed by atoms with E-state index in [2.05, 4.69) is 0 Å². The summed E-state index contributed by atoms with van der Waals surface area (Å²) in [7, 11) is 1.37. The Balaban J connectivity index is 2.16. The summed E-state index contributed by atoms with van der Waals surface area (Å²) in [5.41, 5.74) is -1.29. The Morgan fingerprint density at radius 2 is 2.00 bits per heavy atom. The molecule has 0 bridgehead atoms. The molecule has 1 saturated heterocycles. The van der Waals surface area contributed by atoms with Crippen LogP contribution < -0.4 is 0 Å². The maximum Gasteiger partial charge on any atom is 0.411 e. The third-order valence-electron chi connectivity index (χ3n) is 3.64. The van der Waals surface area contributed by atoms with Gasteiger partial charge < -0.3 is 9.47 Å². The van der Waals surface area contributed by atoms with Crippen LogP contribution in [-0.2, 0) is 14.3 Å². The average Bonchev–Trinajstić information content (AvgIpc) is 3.00. The standard InChI is InChI=1S/C13H21NO4/c1-12(2,3)18-11(16)14-7-5-6-9-8-13(9,14)10(15)17-4/h9H,5-8H2,1-4H3/t9-,13-/m1/s1. The Labute approximate surface area is 107 Å². The maximum absolute atomic E-state index is 12.2. The summed E-state index contributed by atoms with van der Waals surface area (Å²) in [5.74, 6) is -0.0655. The lowest BCUT2D eigenvalue weighted by Crippen LogP contribution is -2.53. The van der Waals surface area contributed by atoms with E-state index in [1.54, 1.807) is 4.90 Å². The molecule has 1 heterocycles. The number of likely N-dealkylation sites (tertiary alicyclic amines) is 1. The topological polar surface area (TPSA) is 55.8 Å². The number of ether oxygens (including phenoxy) is 2. The van der Waals surface area contributed by atoms with Crippen molar-refractivity contribution in [1.82, 2.24) is 4.90 Å². The molecule has 2 rings (SSSR count). The van der Waals surface area contributed by atoms with E-state index in [1.807, 2.05) is 20.8 Å². The number of hydrogen-bond donors (Lipinski definition) is 0. The molecule has 0 aromatic rings. The van der Waals surface area contributed by atoms with E-state index in [9.17, 15) is 9.59 Å². The van der Waals surface area contributed by atoms with E-state index < -0.39 is 17.2 Å².